The Hall–Kier alpha value is -3.39. The van der Waals surface area contributed by atoms with E-state index in [1.165, 1.54) is 4.80 Å². The molecule has 1 aromatic heterocycles. The van der Waals surface area contributed by atoms with E-state index in [-0.39, 0.29) is 30.0 Å². The number of hydrogen-bond acceptors (Lipinski definition) is 7. The van der Waals surface area contributed by atoms with Gasteiger partial charge >= 0.3 is 12.4 Å². The number of aryl methyl sites for hydroxylation is 3. The molecule has 1 atom stereocenters. The Morgan fingerprint density at radius 1 is 0.911 bits per heavy atom. The molecule has 1 unspecified atom stereocenters. The maximum Gasteiger partial charge on any atom is 0.416 e. The van der Waals surface area contributed by atoms with Crippen LogP contribution in [0.1, 0.15) is 77.9 Å². The smallest absolute Gasteiger partial charge is 0.371 e. The highest BCUT2D eigenvalue weighted by atomic mass is 19.4. The van der Waals surface area contributed by atoms with Crippen LogP contribution in [0.15, 0.2) is 30.3 Å². The van der Waals surface area contributed by atoms with Crippen LogP contribution in [-0.2, 0) is 25.9 Å². The first-order valence-corrected chi connectivity index (χ1v) is 15.1. The molecule has 2 heterocycles. The second-order valence-corrected chi connectivity index (χ2v) is 12.4. The van der Waals surface area contributed by atoms with Gasteiger partial charge in [0.1, 0.15) is 0 Å². The number of tetrazole rings is 1. The lowest BCUT2D eigenvalue weighted by Gasteiger charge is -2.36. The SMILES string of the molecule is Cc1cc(C)c2c(c1)C(N(Cc1cc(C(F)(F)F)cc(C(F)(F)F)c1)c1nnn(C)n1)CCCN2CC1CCC(C(O)O)CC1. The molecule has 2 aromatic carbocycles. The summed E-state index contributed by atoms with van der Waals surface area (Å²) in [5.74, 6) is 0.315. The van der Waals surface area contributed by atoms with Gasteiger partial charge in [-0.3, -0.25) is 0 Å². The van der Waals surface area contributed by atoms with Crippen LogP contribution in [0, 0.1) is 25.7 Å². The van der Waals surface area contributed by atoms with Crippen molar-refractivity contribution in [1.82, 2.24) is 20.2 Å². The fourth-order valence-electron chi connectivity index (χ4n) is 6.93. The lowest BCUT2D eigenvalue weighted by Crippen LogP contribution is -2.34. The van der Waals surface area contributed by atoms with Crippen molar-refractivity contribution in [2.75, 3.05) is 22.9 Å². The van der Waals surface area contributed by atoms with Crippen LogP contribution in [0.3, 0.4) is 0 Å². The highest BCUT2D eigenvalue weighted by Gasteiger charge is 2.38. The highest BCUT2D eigenvalue weighted by molar-refractivity contribution is 5.64. The summed E-state index contributed by atoms with van der Waals surface area (Å²) in [5.41, 5.74) is 0.965. The number of benzene rings is 2. The summed E-state index contributed by atoms with van der Waals surface area (Å²) >= 11 is 0. The van der Waals surface area contributed by atoms with Crippen LogP contribution in [0.25, 0.3) is 0 Å². The van der Waals surface area contributed by atoms with Gasteiger partial charge in [0.2, 0.25) is 0 Å². The van der Waals surface area contributed by atoms with Crippen molar-refractivity contribution >= 4 is 11.6 Å². The topological polar surface area (TPSA) is 90.5 Å². The average Bonchev–Trinajstić information content (AvgIpc) is 3.30. The van der Waals surface area contributed by atoms with Gasteiger partial charge < -0.3 is 20.0 Å². The Kier molecular flexibility index (Phi) is 9.37. The number of anilines is 2. The summed E-state index contributed by atoms with van der Waals surface area (Å²) in [4.78, 5) is 5.21. The van der Waals surface area contributed by atoms with Crippen LogP contribution in [-0.4, -0.2) is 49.8 Å². The van der Waals surface area contributed by atoms with Crippen LogP contribution in [0.5, 0.6) is 0 Å². The molecule has 1 fully saturated rings. The Balaban J connectivity index is 1.55. The summed E-state index contributed by atoms with van der Waals surface area (Å²) in [7, 11) is 1.54. The monoisotopic (exact) mass is 640 g/mol. The van der Waals surface area contributed by atoms with Crippen LogP contribution in [0.2, 0.25) is 0 Å². The quantitative estimate of drug-likeness (QED) is 0.231. The predicted molar refractivity (Wildman–Crippen MR) is 155 cm³/mol. The molecule has 0 radical (unpaired) electrons. The normalized spacial score (nSPS) is 21.2. The van der Waals surface area contributed by atoms with Crippen LogP contribution < -0.4 is 9.80 Å². The lowest BCUT2D eigenvalue weighted by atomic mass is 9.81. The molecular weight excluding hydrogens is 602 g/mol. The van der Waals surface area contributed by atoms with Crippen molar-refractivity contribution < 1.29 is 36.6 Å². The molecule has 2 aliphatic rings. The molecule has 1 aliphatic carbocycles. The molecule has 0 bridgehead atoms. The van der Waals surface area contributed by atoms with Crippen LogP contribution in [0.4, 0.5) is 38.0 Å². The third kappa shape index (κ3) is 7.54. The molecule has 14 heteroatoms. The van der Waals surface area contributed by atoms with Crippen LogP contribution >= 0.6 is 0 Å². The molecule has 0 spiro atoms. The van der Waals surface area contributed by atoms with Gasteiger partial charge in [0.05, 0.1) is 24.2 Å². The molecule has 5 rings (SSSR count). The Morgan fingerprint density at radius 2 is 1.56 bits per heavy atom. The number of aromatic nitrogens is 4. The average molecular weight is 641 g/mol. The number of alkyl halides is 6. The highest BCUT2D eigenvalue weighted by Crippen LogP contribution is 2.43. The summed E-state index contributed by atoms with van der Waals surface area (Å²) in [5, 5.41) is 31.6. The van der Waals surface area contributed by atoms with Gasteiger partial charge in [-0.2, -0.15) is 31.1 Å². The van der Waals surface area contributed by atoms with Crippen molar-refractivity contribution in [2.45, 2.75) is 83.6 Å². The molecule has 45 heavy (non-hydrogen) atoms. The van der Waals surface area contributed by atoms with Crippen molar-refractivity contribution in [1.29, 1.82) is 0 Å². The zero-order valence-corrected chi connectivity index (χ0v) is 25.4. The molecule has 3 aromatic rings. The van der Waals surface area contributed by atoms with E-state index in [4.69, 9.17) is 0 Å². The standard InChI is InChI=1S/C31H38F6N6O2/c1-18-11-19(2)27-25(12-18)26(5-4-10-42(27)16-20-6-8-22(9-7-20)28(44)45)43(29-38-40-41(3)39-29)17-21-13-23(30(32,33)34)15-24(14-21)31(35,36)37/h11-15,20,22,26,28,44-45H,4-10,16-17H2,1-3H3. The van der Waals surface area contributed by atoms with E-state index >= 15 is 0 Å². The van der Waals surface area contributed by atoms with Gasteiger partial charge in [-0.25, -0.2) is 0 Å². The second kappa shape index (κ2) is 12.8. The minimum atomic E-state index is -4.97. The Morgan fingerprint density at radius 3 is 2.11 bits per heavy atom. The van der Waals surface area contributed by atoms with E-state index in [1.54, 1.807) is 11.9 Å². The molecule has 0 amide bonds. The fourth-order valence-corrected chi connectivity index (χ4v) is 6.93. The number of halogens is 6. The molecule has 0 saturated heterocycles. The van der Waals surface area contributed by atoms with Gasteiger partial charge in [-0.15, -0.1) is 5.10 Å². The van der Waals surface area contributed by atoms with Gasteiger partial charge in [-0.1, -0.05) is 22.8 Å². The maximum atomic E-state index is 13.7. The number of hydrogen-bond donors (Lipinski definition) is 2. The van der Waals surface area contributed by atoms with E-state index in [9.17, 15) is 36.6 Å². The molecular formula is C31H38F6N6O2. The van der Waals surface area contributed by atoms with Gasteiger partial charge in [0.15, 0.2) is 6.29 Å². The number of aliphatic hydroxyl groups is 2. The number of rotatable bonds is 7. The van der Waals surface area contributed by atoms with Crippen molar-refractivity contribution in [2.24, 2.45) is 18.9 Å². The molecule has 1 aliphatic heterocycles. The first-order chi connectivity index (χ1) is 21.1. The van der Waals surface area contributed by atoms with Crippen molar-refractivity contribution in [3.8, 4) is 0 Å². The van der Waals surface area contributed by atoms with E-state index < -0.39 is 35.8 Å². The molecule has 1 saturated carbocycles. The Bertz CT molecular complexity index is 1450. The lowest BCUT2D eigenvalue weighted by molar-refractivity contribution is -0.143. The summed E-state index contributed by atoms with van der Waals surface area (Å²) in [6.07, 6.45) is -6.84. The van der Waals surface area contributed by atoms with E-state index in [0.717, 1.165) is 66.7 Å². The van der Waals surface area contributed by atoms with E-state index in [1.807, 2.05) is 19.9 Å². The van der Waals surface area contributed by atoms with Gasteiger partial charge in [0.25, 0.3) is 5.95 Å². The minimum absolute atomic E-state index is 0.105. The molecule has 2 N–H and O–H groups in total. The first-order valence-electron chi connectivity index (χ1n) is 15.1. The third-order valence-corrected chi connectivity index (χ3v) is 8.98. The summed E-state index contributed by atoms with van der Waals surface area (Å²) in [6.45, 7) is 5.12. The van der Waals surface area contributed by atoms with E-state index in [2.05, 4.69) is 26.4 Å². The largest absolute Gasteiger partial charge is 0.416 e. The second-order valence-electron chi connectivity index (χ2n) is 12.4. The zero-order valence-electron chi connectivity index (χ0n) is 25.4. The van der Waals surface area contributed by atoms with Crippen molar-refractivity contribution in [3.63, 3.8) is 0 Å². The van der Waals surface area contributed by atoms with Gasteiger partial charge in [0, 0.05) is 31.2 Å². The number of fused-ring (bicyclic) bond motifs is 1. The fraction of sp³-hybridized carbons (Fsp3) is 0.581. The minimum Gasteiger partial charge on any atom is -0.371 e. The number of aliphatic hydroxyl groups excluding tert-OH is 1. The molecule has 246 valence electrons. The summed E-state index contributed by atoms with van der Waals surface area (Å²) < 4.78 is 82.4. The summed E-state index contributed by atoms with van der Waals surface area (Å²) in [6, 6.07) is 5.28. The third-order valence-electron chi connectivity index (χ3n) is 8.98. The number of nitrogens with zero attached hydrogens (tertiary/aromatic N) is 6. The molecule has 8 nitrogen and oxygen atoms in total. The van der Waals surface area contributed by atoms with E-state index in [0.29, 0.717) is 25.3 Å². The van der Waals surface area contributed by atoms with Crippen molar-refractivity contribution in [3.05, 3.63) is 63.7 Å². The Labute approximate surface area is 257 Å². The zero-order chi connectivity index (χ0) is 32.7. The maximum absolute atomic E-state index is 13.7. The predicted octanol–water partition coefficient (Wildman–Crippen LogP) is 6.33. The first kappa shape index (κ1) is 33.0. The van der Waals surface area contributed by atoms with Gasteiger partial charge in [-0.05, 0) is 98.4 Å².